The summed E-state index contributed by atoms with van der Waals surface area (Å²) in [6.07, 6.45) is 2.12. The second-order valence-corrected chi connectivity index (χ2v) is 7.12. The zero-order valence-electron chi connectivity index (χ0n) is 15.5. The van der Waals surface area contributed by atoms with Crippen LogP contribution in [0.1, 0.15) is 16.7 Å². The van der Waals surface area contributed by atoms with Crippen LogP contribution in [-0.4, -0.2) is 22.8 Å². The molecule has 1 N–H and O–H groups in total. The number of cyclic esters (lactones) is 1. The highest BCUT2D eigenvalue weighted by Gasteiger charge is 2.52. The molecule has 3 nitrogen and oxygen atoms in total. The van der Waals surface area contributed by atoms with E-state index in [-0.39, 0.29) is 6.42 Å². The van der Waals surface area contributed by atoms with Crippen molar-refractivity contribution in [3.8, 4) is 0 Å². The van der Waals surface area contributed by atoms with E-state index in [0.717, 1.165) is 16.7 Å². The largest absolute Gasteiger partial charge is 0.455 e. The molecule has 1 heterocycles. The van der Waals surface area contributed by atoms with Crippen molar-refractivity contribution in [2.24, 2.45) is 0 Å². The van der Waals surface area contributed by atoms with Crippen LogP contribution < -0.4 is 0 Å². The Morgan fingerprint density at radius 1 is 0.821 bits per heavy atom. The van der Waals surface area contributed by atoms with Crippen LogP contribution in [0.15, 0.2) is 96.6 Å². The number of aliphatic hydroxyl groups is 1. The molecule has 0 aliphatic carbocycles. The molecule has 0 spiro atoms. The van der Waals surface area contributed by atoms with Gasteiger partial charge in [-0.2, -0.15) is 0 Å². The molecule has 2 atom stereocenters. The minimum absolute atomic E-state index is 0.191. The lowest BCUT2D eigenvalue weighted by atomic mass is 9.84. The van der Waals surface area contributed by atoms with Crippen LogP contribution in [0.25, 0.3) is 6.08 Å². The van der Waals surface area contributed by atoms with Crippen LogP contribution in [0.2, 0.25) is 0 Å². The number of hydrogen-bond acceptors (Lipinski definition) is 3. The third-order valence-corrected chi connectivity index (χ3v) is 5.10. The van der Waals surface area contributed by atoms with Crippen molar-refractivity contribution in [2.75, 3.05) is 0 Å². The summed E-state index contributed by atoms with van der Waals surface area (Å²) in [6, 6.07) is 29.2. The lowest BCUT2D eigenvalue weighted by Gasteiger charge is -2.22. The van der Waals surface area contributed by atoms with Gasteiger partial charge in [0.2, 0.25) is 0 Å². The fourth-order valence-corrected chi connectivity index (χ4v) is 3.66. The highest BCUT2D eigenvalue weighted by atomic mass is 16.6. The van der Waals surface area contributed by atoms with Gasteiger partial charge in [0.25, 0.3) is 0 Å². The Kier molecular flexibility index (Phi) is 5.09. The van der Waals surface area contributed by atoms with Crippen molar-refractivity contribution in [2.45, 2.75) is 24.5 Å². The van der Waals surface area contributed by atoms with Crippen molar-refractivity contribution in [1.82, 2.24) is 0 Å². The normalized spacial score (nSPS) is 23.0. The van der Waals surface area contributed by atoms with Crippen molar-refractivity contribution in [1.29, 1.82) is 0 Å². The van der Waals surface area contributed by atoms with Gasteiger partial charge in [0.05, 0.1) is 0 Å². The molecule has 0 bridgehead atoms. The topological polar surface area (TPSA) is 46.5 Å². The van der Waals surface area contributed by atoms with Gasteiger partial charge in [-0.3, -0.25) is 0 Å². The molecule has 0 aromatic heterocycles. The van der Waals surface area contributed by atoms with E-state index in [0.29, 0.717) is 12.0 Å². The van der Waals surface area contributed by atoms with Gasteiger partial charge in [-0.25, -0.2) is 4.79 Å². The Balaban J connectivity index is 1.73. The number of benzene rings is 3. The first-order valence-electron chi connectivity index (χ1n) is 9.43. The number of ether oxygens (including phenoxy) is 1. The predicted octanol–water partition coefficient (Wildman–Crippen LogP) is 4.21. The lowest BCUT2D eigenvalue weighted by Crippen LogP contribution is -2.38. The molecule has 3 heteroatoms. The van der Waals surface area contributed by atoms with Gasteiger partial charge >= 0.3 is 5.97 Å². The maximum Gasteiger partial charge on any atom is 0.343 e. The Bertz CT molecular complexity index is 964. The van der Waals surface area contributed by atoms with Crippen molar-refractivity contribution in [3.05, 3.63) is 113 Å². The SMILES string of the molecule is O=C1OC(Cc2ccccc2)C(=Cc2ccccc2)C1(O)Cc1ccccc1. The Labute approximate surface area is 164 Å². The fourth-order valence-electron chi connectivity index (χ4n) is 3.66. The van der Waals surface area contributed by atoms with Crippen molar-refractivity contribution in [3.63, 3.8) is 0 Å². The van der Waals surface area contributed by atoms with E-state index < -0.39 is 17.7 Å². The molecule has 0 radical (unpaired) electrons. The third kappa shape index (κ3) is 3.75. The van der Waals surface area contributed by atoms with Crippen LogP contribution >= 0.6 is 0 Å². The molecule has 0 amide bonds. The van der Waals surface area contributed by atoms with Crippen LogP contribution in [-0.2, 0) is 22.4 Å². The molecule has 2 unspecified atom stereocenters. The number of esters is 1. The maximum absolute atomic E-state index is 12.8. The Morgan fingerprint density at radius 3 is 1.96 bits per heavy atom. The van der Waals surface area contributed by atoms with Crippen LogP contribution in [0.3, 0.4) is 0 Å². The summed E-state index contributed by atoms with van der Waals surface area (Å²) in [6.45, 7) is 0. The summed E-state index contributed by atoms with van der Waals surface area (Å²) < 4.78 is 5.68. The van der Waals surface area contributed by atoms with Gasteiger partial charge in [-0.05, 0) is 22.8 Å². The minimum Gasteiger partial charge on any atom is -0.455 e. The molecule has 3 aromatic carbocycles. The molecule has 140 valence electrons. The first-order chi connectivity index (χ1) is 13.6. The second kappa shape index (κ2) is 7.83. The highest BCUT2D eigenvalue weighted by Crippen LogP contribution is 2.37. The molecule has 0 saturated carbocycles. The van der Waals surface area contributed by atoms with Crippen LogP contribution in [0.5, 0.6) is 0 Å². The smallest absolute Gasteiger partial charge is 0.343 e. The van der Waals surface area contributed by atoms with Gasteiger partial charge < -0.3 is 9.84 Å². The van der Waals surface area contributed by atoms with Crippen molar-refractivity contribution >= 4 is 12.0 Å². The van der Waals surface area contributed by atoms with Gasteiger partial charge in [0.15, 0.2) is 5.60 Å². The van der Waals surface area contributed by atoms with E-state index in [4.69, 9.17) is 4.74 Å². The van der Waals surface area contributed by atoms with Crippen LogP contribution in [0, 0.1) is 0 Å². The van der Waals surface area contributed by atoms with E-state index in [9.17, 15) is 9.90 Å². The first kappa shape index (κ1) is 18.2. The summed E-state index contributed by atoms with van der Waals surface area (Å²) in [5.41, 5.74) is 1.82. The zero-order valence-corrected chi connectivity index (χ0v) is 15.5. The van der Waals surface area contributed by atoms with Gasteiger partial charge in [-0.1, -0.05) is 91.0 Å². The Hall–Kier alpha value is -3.17. The standard InChI is InChI=1S/C25H22O3/c26-24-25(27,18-21-14-8-3-9-15-21)22(16-19-10-4-1-5-11-19)23(28-24)17-20-12-6-2-7-13-20/h1-16,23,27H,17-18H2. The quantitative estimate of drug-likeness (QED) is 0.685. The van der Waals surface area contributed by atoms with E-state index in [1.54, 1.807) is 0 Å². The molecule has 1 aliphatic rings. The van der Waals surface area contributed by atoms with E-state index in [1.165, 1.54) is 0 Å². The number of rotatable bonds is 5. The molecule has 28 heavy (non-hydrogen) atoms. The predicted molar refractivity (Wildman–Crippen MR) is 110 cm³/mol. The molecular formula is C25H22O3. The fraction of sp³-hybridized carbons (Fsp3) is 0.160. The monoisotopic (exact) mass is 370 g/mol. The maximum atomic E-state index is 12.8. The molecule has 1 saturated heterocycles. The average Bonchev–Trinajstić information content (AvgIpc) is 2.94. The summed E-state index contributed by atoms with van der Waals surface area (Å²) in [7, 11) is 0. The number of carbonyl (C=O) groups excluding carboxylic acids is 1. The van der Waals surface area contributed by atoms with E-state index >= 15 is 0 Å². The summed E-state index contributed by atoms with van der Waals surface area (Å²) >= 11 is 0. The first-order valence-corrected chi connectivity index (χ1v) is 9.43. The number of carbonyl (C=O) groups is 1. The zero-order chi connectivity index (χ0) is 19.4. The van der Waals surface area contributed by atoms with Crippen LogP contribution in [0.4, 0.5) is 0 Å². The van der Waals surface area contributed by atoms with Gasteiger partial charge in [0.1, 0.15) is 6.10 Å². The second-order valence-electron chi connectivity index (χ2n) is 7.12. The molecule has 1 aliphatic heterocycles. The molecule has 4 rings (SSSR count). The van der Waals surface area contributed by atoms with E-state index in [2.05, 4.69) is 0 Å². The van der Waals surface area contributed by atoms with Gasteiger partial charge in [-0.15, -0.1) is 0 Å². The van der Waals surface area contributed by atoms with Crippen molar-refractivity contribution < 1.29 is 14.6 Å². The summed E-state index contributed by atoms with van der Waals surface area (Å²) in [5.74, 6) is -0.584. The summed E-state index contributed by atoms with van der Waals surface area (Å²) in [5, 5.41) is 11.4. The Morgan fingerprint density at radius 2 is 1.36 bits per heavy atom. The summed E-state index contributed by atoms with van der Waals surface area (Å²) in [4.78, 5) is 12.8. The molecule has 1 fully saturated rings. The molecular weight excluding hydrogens is 348 g/mol. The highest BCUT2D eigenvalue weighted by molar-refractivity contribution is 5.90. The minimum atomic E-state index is -1.67. The average molecular weight is 370 g/mol. The molecule has 3 aromatic rings. The third-order valence-electron chi connectivity index (χ3n) is 5.10. The number of hydrogen-bond donors (Lipinski definition) is 1. The lowest BCUT2D eigenvalue weighted by molar-refractivity contribution is -0.154. The van der Waals surface area contributed by atoms with E-state index in [1.807, 2.05) is 97.1 Å². The van der Waals surface area contributed by atoms with Gasteiger partial charge in [0, 0.05) is 18.4 Å².